The second kappa shape index (κ2) is 7.84. The molecule has 3 heteroatoms. The van der Waals surface area contributed by atoms with Crippen LogP contribution in [0.4, 0.5) is 8.78 Å². The van der Waals surface area contributed by atoms with Gasteiger partial charge in [0.05, 0.1) is 6.61 Å². The first-order chi connectivity index (χ1) is 11.5. The van der Waals surface area contributed by atoms with Gasteiger partial charge in [0.25, 0.3) is 0 Å². The van der Waals surface area contributed by atoms with Crippen molar-refractivity contribution in [1.82, 2.24) is 0 Å². The van der Waals surface area contributed by atoms with Gasteiger partial charge in [-0.3, -0.25) is 0 Å². The molecule has 0 aromatic heterocycles. The van der Waals surface area contributed by atoms with Gasteiger partial charge in [0.1, 0.15) is 0 Å². The fourth-order valence-electron chi connectivity index (χ4n) is 4.53. The Kier molecular flexibility index (Phi) is 5.78. The van der Waals surface area contributed by atoms with Crippen molar-refractivity contribution in [2.24, 2.45) is 23.7 Å². The highest BCUT2D eigenvalue weighted by Gasteiger charge is 2.30. The Morgan fingerprint density at radius 2 is 1.50 bits per heavy atom. The summed E-state index contributed by atoms with van der Waals surface area (Å²) < 4.78 is 33.0. The molecule has 0 N–H and O–H groups in total. The second-order valence-electron chi connectivity index (χ2n) is 8.12. The Bertz CT molecular complexity index is 551. The molecule has 0 atom stereocenters. The molecular weight excluding hydrogens is 306 g/mol. The van der Waals surface area contributed by atoms with Crippen LogP contribution in [0.3, 0.4) is 0 Å². The molecule has 0 aliphatic heterocycles. The number of benzene rings is 1. The number of ether oxygens (including phenoxy) is 1. The molecule has 0 radical (unpaired) electrons. The van der Waals surface area contributed by atoms with Crippen LogP contribution in [-0.4, -0.2) is 6.61 Å². The van der Waals surface area contributed by atoms with Gasteiger partial charge in [-0.05, 0) is 80.8 Å². The van der Waals surface area contributed by atoms with Gasteiger partial charge >= 0.3 is 0 Å². The molecule has 0 saturated heterocycles. The third-order valence-corrected chi connectivity index (χ3v) is 6.33. The van der Waals surface area contributed by atoms with E-state index < -0.39 is 11.6 Å². The summed E-state index contributed by atoms with van der Waals surface area (Å²) in [5.74, 6) is 1.61. The second-order valence-corrected chi connectivity index (χ2v) is 8.12. The molecular formula is C21H34F2O. The maximum Gasteiger partial charge on any atom is 0.200 e. The SMILES string of the molecule is Cc1ccc(OCC2CCC(C3CCC(C)CC3)CC2)c(F)c1F.[HH].[HH]. The van der Waals surface area contributed by atoms with Crippen LogP contribution >= 0.6 is 0 Å². The van der Waals surface area contributed by atoms with E-state index >= 15 is 0 Å². The molecule has 24 heavy (non-hydrogen) atoms. The van der Waals surface area contributed by atoms with E-state index in [4.69, 9.17) is 4.74 Å². The molecule has 1 nitrogen and oxygen atoms in total. The van der Waals surface area contributed by atoms with Crippen molar-refractivity contribution < 1.29 is 16.4 Å². The van der Waals surface area contributed by atoms with Gasteiger partial charge in [-0.25, -0.2) is 4.39 Å². The smallest absolute Gasteiger partial charge is 0.200 e. The van der Waals surface area contributed by atoms with E-state index in [0.717, 1.165) is 30.6 Å². The van der Waals surface area contributed by atoms with Crippen LogP contribution in [0.2, 0.25) is 0 Å². The van der Waals surface area contributed by atoms with Gasteiger partial charge in [-0.15, -0.1) is 0 Å². The molecule has 0 heterocycles. The molecule has 138 valence electrons. The van der Waals surface area contributed by atoms with E-state index in [1.807, 2.05) is 0 Å². The van der Waals surface area contributed by atoms with Crippen LogP contribution in [0.25, 0.3) is 0 Å². The van der Waals surface area contributed by atoms with E-state index in [1.165, 1.54) is 38.5 Å². The van der Waals surface area contributed by atoms with Crippen molar-refractivity contribution in [3.8, 4) is 5.75 Å². The summed E-state index contributed by atoms with van der Waals surface area (Å²) in [4.78, 5) is 0. The molecule has 2 aliphatic carbocycles. The first kappa shape index (κ1) is 17.7. The summed E-state index contributed by atoms with van der Waals surface area (Å²) >= 11 is 0. The fourth-order valence-corrected chi connectivity index (χ4v) is 4.53. The fraction of sp³-hybridized carbons (Fsp3) is 0.714. The van der Waals surface area contributed by atoms with Crippen LogP contribution in [0.5, 0.6) is 5.75 Å². The van der Waals surface area contributed by atoms with Crippen molar-refractivity contribution in [2.45, 2.75) is 65.2 Å². The van der Waals surface area contributed by atoms with Gasteiger partial charge in [0.15, 0.2) is 11.6 Å². The molecule has 0 unspecified atom stereocenters. The average molecular weight is 340 g/mol. The molecule has 1 aromatic carbocycles. The van der Waals surface area contributed by atoms with Crippen LogP contribution in [0.1, 0.15) is 66.7 Å². The van der Waals surface area contributed by atoms with E-state index in [2.05, 4.69) is 6.92 Å². The topological polar surface area (TPSA) is 9.23 Å². The zero-order valence-electron chi connectivity index (χ0n) is 15.0. The quantitative estimate of drug-likeness (QED) is 0.587. The van der Waals surface area contributed by atoms with Crippen LogP contribution in [0.15, 0.2) is 12.1 Å². The highest BCUT2D eigenvalue weighted by molar-refractivity contribution is 5.30. The highest BCUT2D eigenvalue weighted by Crippen LogP contribution is 2.41. The van der Waals surface area contributed by atoms with Crippen molar-refractivity contribution in [1.29, 1.82) is 0 Å². The summed E-state index contributed by atoms with van der Waals surface area (Å²) in [5.41, 5.74) is 0.321. The average Bonchev–Trinajstić information content (AvgIpc) is 2.60. The van der Waals surface area contributed by atoms with Gasteiger partial charge in [0.2, 0.25) is 5.82 Å². The third-order valence-electron chi connectivity index (χ3n) is 6.33. The molecule has 0 bridgehead atoms. The molecule has 0 amide bonds. The molecule has 2 fully saturated rings. The van der Waals surface area contributed by atoms with E-state index in [0.29, 0.717) is 18.1 Å². The highest BCUT2D eigenvalue weighted by atomic mass is 19.2. The van der Waals surface area contributed by atoms with E-state index in [9.17, 15) is 8.78 Å². The summed E-state index contributed by atoms with van der Waals surface area (Å²) in [5, 5.41) is 0. The van der Waals surface area contributed by atoms with Crippen molar-refractivity contribution in [2.75, 3.05) is 6.61 Å². The summed E-state index contributed by atoms with van der Waals surface area (Å²) in [6, 6.07) is 3.12. The number of hydrogen-bond acceptors (Lipinski definition) is 1. The predicted molar refractivity (Wildman–Crippen MR) is 97.4 cm³/mol. The first-order valence-corrected chi connectivity index (χ1v) is 9.62. The Morgan fingerprint density at radius 1 is 0.917 bits per heavy atom. The lowest BCUT2D eigenvalue weighted by Gasteiger charge is -2.37. The Morgan fingerprint density at radius 3 is 2.12 bits per heavy atom. The minimum Gasteiger partial charge on any atom is -0.490 e. The Hall–Kier alpha value is -1.12. The molecule has 2 aliphatic rings. The lowest BCUT2D eigenvalue weighted by atomic mass is 9.69. The maximum absolute atomic E-state index is 13.9. The van der Waals surface area contributed by atoms with Crippen molar-refractivity contribution in [3.63, 3.8) is 0 Å². The first-order valence-electron chi connectivity index (χ1n) is 9.62. The number of rotatable bonds is 4. The predicted octanol–water partition coefficient (Wildman–Crippen LogP) is 6.78. The Balaban J connectivity index is 0.00000169. The minimum atomic E-state index is -0.847. The summed E-state index contributed by atoms with van der Waals surface area (Å²) in [7, 11) is 0. The standard InChI is InChI=1S/C21H30F2O.2H2/c1-14-3-8-17(9-4-14)18-10-6-16(7-11-18)13-24-19-12-5-15(2)20(22)21(19)23;;/h5,12,14,16-18H,3-4,6-11,13H2,1-2H3;2*1H. The number of aryl methyl sites for hydroxylation is 1. The maximum atomic E-state index is 13.9. The number of halogens is 2. The van der Waals surface area contributed by atoms with Gasteiger partial charge in [-0.1, -0.05) is 25.8 Å². The summed E-state index contributed by atoms with van der Waals surface area (Å²) in [6.07, 6.45) is 10.5. The Labute approximate surface area is 147 Å². The van der Waals surface area contributed by atoms with Crippen LogP contribution in [0, 0.1) is 42.2 Å². The zero-order chi connectivity index (χ0) is 17.1. The minimum absolute atomic E-state index is 0. The van der Waals surface area contributed by atoms with Crippen LogP contribution < -0.4 is 4.74 Å². The monoisotopic (exact) mass is 340 g/mol. The number of hydrogen-bond donors (Lipinski definition) is 0. The lowest BCUT2D eigenvalue weighted by molar-refractivity contribution is 0.124. The lowest BCUT2D eigenvalue weighted by Crippen LogP contribution is -2.27. The largest absolute Gasteiger partial charge is 0.490 e. The molecule has 0 spiro atoms. The zero-order valence-corrected chi connectivity index (χ0v) is 15.0. The molecule has 1 aromatic rings. The van der Waals surface area contributed by atoms with Crippen LogP contribution in [-0.2, 0) is 0 Å². The molecule has 2 saturated carbocycles. The van der Waals surface area contributed by atoms with Crippen molar-refractivity contribution in [3.05, 3.63) is 29.3 Å². The third kappa shape index (κ3) is 4.10. The van der Waals surface area contributed by atoms with Gasteiger partial charge in [-0.2, -0.15) is 4.39 Å². The van der Waals surface area contributed by atoms with Gasteiger partial charge < -0.3 is 4.74 Å². The van der Waals surface area contributed by atoms with Crippen molar-refractivity contribution >= 4 is 0 Å². The van der Waals surface area contributed by atoms with E-state index in [-0.39, 0.29) is 8.60 Å². The molecule has 3 rings (SSSR count). The summed E-state index contributed by atoms with van der Waals surface area (Å²) in [6.45, 7) is 4.45. The van der Waals surface area contributed by atoms with E-state index in [1.54, 1.807) is 19.1 Å². The van der Waals surface area contributed by atoms with Gasteiger partial charge in [0, 0.05) is 2.85 Å². The normalized spacial score (nSPS) is 31.0.